The van der Waals surface area contributed by atoms with Crippen molar-refractivity contribution in [3.8, 4) is 0 Å². The second-order valence-electron chi connectivity index (χ2n) is 6.26. The van der Waals surface area contributed by atoms with Crippen molar-refractivity contribution >= 4 is 23.2 Å². The number of carbonyl (C=O) groups excluding carboxylic acids is 1. The number of carbonyl (C=O) groups is 1. The fourth-order valence-electron chi connectivity index (χ4n) is 2.94. The number of nitrogens with zero attached hydrogens (tertiary/aromatic N) is 1. The van der Waals surface area contributed by atoms with Crippen molar-refractivity contribution in [1.29, 1.82) is 0 Å². The van der Waals surface area contributed by atoms with Gasteiger partial charge in [-0.25, -0.2) is 4.99 Å². The fourth-order valence-corrected chi connectivity index (χ4v) is 3.76. The van der Waals surface area contributed by atoms with Gasteiger partial charge in [-0.05, 0) is 38.8 Å². The third kappa shape index (κ3) is 6.51. The number of aryl methyl sites for hydroxylation is 1. The summed E-state index contributed by atoms with van der Waals surface area (Å²) in [6, 6.07) is 4.24. The quantitative estimate of drug-likeness (QED) is 0.402. The number of thiophene rings is 1. The molecule has 1 amide bonds. The molecule has 5 nitrogen and oxygen atoms in total. The van der Waals surface area contributed by atoms with Crippen molar-refractivity contribution < 1.29 is 4.79 Å². The molecule has 2 rings (SSSR count). The van der Waals surface area contributed by atoms with Gasteiger partial charge in [0.05, 0.1) is 6.54 Å². The number of rotatable bonds is 7. The number of aliphatic imine (C=N–C) groups is 1. The molecule has 24 heavy (non-hydrogen) atoms. The molecular formula is C18H30N4OS. The molecule has 0 radical (unpaired) electrons. The molecule has 1 aromatic heterocycles. The number of hydrogen-bond acceptors (Lipinski definition) is 3. The van der Waals surface area contributed by atoms with Gasteiger partial charge in [0.2, 0.25) is 5.91 Å². The molecule has 3 N–H and O–H groups in total. The lowest BCUT2D eigenvalue weighted by atomic mass is 9.89. The molecular weight excluding hydrogens is 320 g/mol. The highest BCUT2D eigenvalue weighted by atomic mass is 32.1. The molecule has 1 aliphatic carbocycles. The first-order valence-electron chi connectivity index (χ1n) is 9.04. The molecule has 0 atom stereocenters. The summed E-state index contributed by atoms with van der Waals surface area (Å²) in [5.74, 6) is 1.24. The number of nitrogens with one attached hydrogen (secondary N) is 3. The van der Waals surface area contributed by atoms with E-state index < -0.39 is 0 Å². The maximum absolute atomic E-state index is 12.1. The first kappa shape index (κ1) is 18.8. The van der Waals surface area contributed by atoms with Crippen molar-refractivity contribution in [2.75, 3.05) is 19.6 Å². The smallest absolute Gasteiger partial charge is 0.223 e. The lowest BCUT2D eigenvalue weighted by Crippen LogP contribution is -2.42. The highest BCUT2D eigenvalue weighted by Gasteiger charge is 2.20. The lowest BCUT2D eigenvalue weighted by molar-refractivity contribution is -0.125. The van der Waals surface area contributed by atoms with Crippen molar-refractivity contribution in [3.63, 3.8) is 0 Å². The van der Waals surface area contributed by atoms with E-state index in [1.54, 1.807) is 11.3 Å². The number of guanidine groups is 1. The molecule has 1 heterocycles. The molecule has 0 unspecified atom stereocenters. The van der Waals surface area contributed by atoms with Gasteiger partial charge in [-0.2, -0.15) is 0 Å². The Kier molecular flexibility index (Phi) is 8.08. The van der Waals surface area contributed by atoms with Crippen LogP contribution in [0.3, 0.4) is 0 Å². The molecule has 0 saturated heterocycles. The average Bonchev–Trinajstić information content (AvgIpc) is 3.02. The lowest BCUT2D eigenvalue weighted by Gasteiger charge is -2.21. The van der Waals surface area contributed by atoms with Crippen molar-refractivity contribution in [1.82, 2.24) is 16.0 Å². The van der Waals surface area contributed by atoms with Crippen molar-refractivity contribution in [3.05, 3.63) is 21.9 Å². The Morgan fingerprint density at radius 2 is 1.92 bits per heavy atom. The normalized spacial score (nSPS) is 16.0. The summed E-state index contributed by atoms with van der Waals surface area (Å²) in [6.07, 6.45) is 5.75. The first-order valence-corrected chi connectivity index (χ1v) is 9.86. The fraction of sp³-hybridized carbons (Fsp3) is 0.667. The Morgan fingerprint density at radius 3 is 2.58 bits per heavy atom. The van der Waals surface area contributed by atoms with Gasteiger partial charge in [0, 0.05) is 35.3 Å². The topological polar surface area (TPSA) is 65.5 Å². The van der Waals surface area contributed by atoms with Crippen molar-refractivity contribution in [2.24, 2.45) is 10.9 Å². The van der Waals surface area contributed by atoms with Crippen LogP contribution in [0, 0.1) is 12.8 Å². The van der Waals surface area contributed by atoms with E-state index in [-0.39, 0.29) is 11.8 Å². The van der Waals surface area contributed by atoms with Gasteiger partial charge in [0.1, 0.15) is 0 Å². The SMILES string of the molecule is CCNC(=NCc1ccc(C)s1)NCCNC(=O)C1CCCCC1. The summed E-state index contributed by atoms with van der Waals surface area (Å²) >= 11 is 1.78. The van der Waals surface area contributed by atoms with Crippen LogP contribution in [0.15, 0.2) is 17.1 Å². The van der Waals surface area contributed by atoms with E-state index in [1.807, 2.05) is 0 Å². The van der Waals surface area contributed by atoms with E-state index in [1.165, 1.54) is 29.0 Å². The minimum atomic E-state index is 0.215. The third-order valence-corrected chi connectivity index (χ3v) is 5.21. The Bertz CT molecular complexity index is 535. The summed E-state index contributed by atoms with van der Waals surface area (Å²) in [6.45, 7) is 6.99. The minimum absolute atomic E-state index is 0.215. The van der Waals surface area contributed by atoms with E-state index >= 15 is 0 Å². The first-order chi connectivity index (χ1) is 11.7. The van der Waals surface area contributed by atoms with Gasteiger partial charge in [0.25, 0.3) is 0 Å². The van der Waals surface area contributed by atoms with Gasteiger partial charge < -0.3 is 16.0 Å². The Labute approximate surface area is 149 Å². The zero-order valence-electron chi connectivity index (χ0n) is 14.9. The van der Waals surface area contributed by atoms with Crippen LogP contribution < -0.4 is 16.0 Å². The average molecular weight is 351 g/mol. The van der Waals surface area contributed by atoms with Gasteiger partial charge in [-0.1, -0.05) is 19.3 Å². The molecule has 1 aromatic rings. The molecule has 1 saturated carbocycles. The van der Waals surface area contributed by atoms with Crippen LogP contribution in [0.2, 0.25) is 0 Å². The zero-order chi connectivity index (χ0) is 17.2. The van der Waals surface area contributed by atoms with Gasteiger partial charge in [-0.15, -0.1) is 11.3 Å². The van der Waals surface area contributed by atoms with Crippen LogP contribution in [-0.2, 0) is 11.3 Å². The van der Waals surface area contributed by atoms with E-state index in [0.717, 1.165) is 25.3 Å². The molecule has 6 heteroatoms. The molecule has 1 aliphatic rings. The second kappa shape index (κ2) is 10.3. The van der Waals surface area contributed by atoms with Gasteiger partial charge in [-0.3, -0.25) is 4.79 Å². The summed E-state index contributed by atoms with van der Waals surface area (Å²) in [4.78, 5) is 19.3. The minimum Gasteiger partial charge on any atom is -0.357 e. The maximum Gasteiger partial charge on any atom is 0.223 e. The van der Waals surface area contributed by atoms with Gasteiger partial charge >= 0.3 is 0 Å². The molecule has 134 valence electrons. The highest BCUT2D eigenvalue weighted by Crippen LogP contribution is 2.23. The van der Waals surface area contributed by atoms with Crippen LogP contribution in [0.25, 0.3) is 0 Å². The van der Waals surface area contributed by atoms with Crippen LogP contribution >= 0.6 is 11.3 Å². The summed E-state index contributed by atoms with van der Waals surface area (Å²) in [5.41, 5.74) is 0. The molecule has 0 aliphatic heterocycles. The van der Waals surface area contributed by atoms with Crippen molar-refractivity contribution in [2.45, 2.75) is 52.5 Å². The highest BCUT2D eigenvalue weighted by molar-refractivity contribution is 7.11. The number of hydrogen-bond donors (Lipinski definition) is 3. The van der Waals surface area contributed by atoms with E-state index in [2.05, 4.69) is 46.9 Å². The van der Waals surface area contributed by atoms with E-state index in [9.17, 15) is 4.79 Å². The predicted octanol–water partition coefficient (Wildman–Crippen LogP) is 2.81. The van der Waals surface area contributed by atoms with Gasteiger partial charge in [0.15, 0.2) is 5.96 Å². The maximum atomic E-state index is 12.1. The van der Waals surface area contributed by atoms with E-state index in [4.69, 9.17) is 0 Å². The standard InChI is InChI=1S/C18H30N4OS/c1-3-19-18(22-13-16-10-9-14(2)24-16)21-12-11-20-17(23)15-7-5-4-6-8-15/h9-10,15H,3-8,11-13H2,1-2H3,(H,20,23)(H2,19,21,22). The summed E-state index contributed by atoms with van der Waals surface area (Å²) in [5, 5.41) is 9.57. The van der Waals surface area contributed by atoms with E-state index in [0.29, 0.717) is 19.6 Å². The molecule has 1 fully saturated rings. The predicted molar refractivity (Wildman–Crippen MR) is 101 cm³/mol. The molecule has 0 bridgehead atoms. The Balaban J connectivity index is 1.69. The Morgan fingerprint density at radius 1 is 1.17 bits per heavy atom. The zero-order valence-corrected chi connectivity index (χ0v) is 15.7. The van der Waals surface area contributed by atoms with Crippen LogP contribution in [0.4, 0.5) is 0 Å². The third-order valence-electron chi connectivity index (χ3n) is 4.23. The van der Waals surface area contributed by atoms with Crippen LogP contribution in [-0.4, -0.2) is 31.5 Å². The van der Waals surface area contributed by atoms with Crippen LogP contribution in [0.1, 0.15) is 48.8 Å². The summed E-state index contributed by atoms with van der Waals surface area (Å²) in [7, 11) is 0. The molecule has 0 aromatic carbocycles. The summed E-state index contributed by atoms with van der Waals surface area (Å²) < 4.78 is 0. The monoisotopic (exact) mass is 350 g/mol. The Hall–Kier alpha value is -1.56. The second-order valence-corrected chi connectivity index (χ2v) is 7.63. The molecule has 0 spiro atoms. The van der Waals surface area contributed by atoms with Crippen LogP contribution in [0.5, 0.6) is 0 Å². The number of amides is 1. The largest absolute Gasteiger partial charge is 0.357 e.